The quantitative estimate of drug-likeness (QED) is 0.245. The van der Waals surface area contributed by atoms with E-state index in [2.05, 4.69) is 15.9 Å². The maximum atomic E-state index is 12.7. The molecule has 0 heterocycles. The van der Waals surface area contributed by atoms with E-state index in [4.69, 9.17) is 14.6 Å². The van der Waals surface area contributed by atoms with Crippen LogP contribution in [0, 0.1) is 5.41 Å². The van der Waals surface area contributed by atoms with Crippen LogP contribution in [0.15, 0.2) is 34.8 Å². The predicted octanol–water partition coefficient (Wildman–Crippen LogP) is 5.84. The zero-order valence-electron chi connectivity index (χ0n) is 19.9. The molecule has 0 amide bonds. The Balaban J connectivity index is 1.95. The number of carboxylic acids is 1. The minimum atomic E-state index is -1.02. The molecule has 2 N–H and O–H groups in total. The lowest BCUT2D eigenvalue weighted by molar-refractivity contribution is -0.138. The van der Waals surface area contributed by atoms with E-state index in [1.54, 1.807) is 44.2 Å². The Morgan fingerprint density at radius 1 is 1.03 bits per heavy atom. The molecule has 0 aromatic heterocycles. The summed E-state index contributed by atoms with van der Waals surface area (Å²) in [4.78, 5) is 35.4. The first-order valence-electron chi connectivity index (χ1n) is 11.2. The molecule has 2 aromatic carbocycles. The number of aromatic hydroxyl groups is 1. The van der Waals surface area contributed by atoms with Crippen LogP contribution in [0.25, 0.3) is 0 Å². The van der Waals surface area contributed by atoms with Crippen molar-refractivity contribution in [1.82, 2.24) is 0 Å². The van der Waals surface area contributed by atoms with Crippen LogP contribution in [0.1, 0.15) is 73.2 Å². The summed E-state index contributed by atoms with van der Waals surface area (Å²) < 4.78 is 12.2. The topological polar surface area (TPSA) is 110 Å². The molecule has 0 saturated carbocycles. The summed E-state index contributed by atoms with van der Waals surface area (Å²) in [5, 5.41) is 19.5. The second kappa shape index (κ2) is 12.0. The zero-order valence-corrected chi connectivity index (χ0v) is 21.5. The first kappa shape index (κ1) is 27.4. The number of rotatable bonds is 13. The van der Waals surface area contributed by atoms with Gasteiger partial charge in [0.05, 0.1) is 29.7 Å². The maximum Gasteiger partial charge on any atom is 0.304 e. The molecule has 184 valence electrons. The van der Waals surface area contributed by atoms with E-state index < -0.39 is 11.4 Å². The Morgan fingerprint density at radius 3 is 2.21 bits per heavy atom. The van der Waals surface area contributed by atoms with Gasteiger partial charge in [-0.15, -0.1) is 0 Å². The molecule has 0 aliphatic heterocycles. The predicted molar refractivity (Wildman–Crippen MR) is 132 cm³/mol. The molecule has 0 spiro atoms. The van der Waals surface area contributed by atoms with Gasteiger partial charge < -0.3 is 19.7 Å². The van der Waals surface area contributed by atoms with Crippen LogP contribution in [0.4, 0.5) is 0 Å². The standard InChI is InChI=1S/C26H31BrO7/c1-5-7-19-21(11-9-18(16(2)28)24(19)31)33-12-6-13-34-22-10-8-17(14-20(22)27)25(32)26(3,4)15-23(29)30/h8-11,14,31H,5-7,12-13,15H2,1-4H3,(H,29,30). The molecule has 0 radical (unpaired) electrons. The molecule has 0 fully saturated rings. The number of halogens is 1. The number of hydrogen-bond donors (Lipinski definition) is 2. The van der Waals surface area contributed by atoms with Gasteiger partial charge in [-0.05, 0) is 59.6 Å². The molecule has 0 atom stereocenters. The molecule has 0 aliphatic rings. The molecule has 0 bridgehead atoms. The van der Waals surface area contributed by atoms with E-state index in [0.29, 0.717) is 53.2 Å². The van der Waals surface area contributed by atoms with Crippen molar-refractivity contribution < 1.29 is 34.1 Å². The SMILES string of the molecule is CCCc1c(OCCCOc2ccc(C(=O)C(C)(C)CC(=O)O)cc2Br)ccc(C(C)=O)c1O. The van der Waals surface area contributed by atoms with Crippen LogP contribution >= 0.6 is 15.9 Å². The summed E-state index contributed by atoms with van der Waals surface area (Å²) >= 11 is 3.41. The van der Waals surface area contributed by atoms with Crippen molar-refractivity contribution in [3.05, 3.63) is 51.5 Å². The molecule has 0 saturated heterocycles. The van der Waals surface area contributed by atoms with Crippen LogP contribution in [0.5, 0.6) is 17.2 Å². The number of aliphatic carboxylic acids is 1. The van der Waals surface area contributed by atoms with Crippen molar-refractivity contribution in [2.45, 2.75) is 53.4 Å². The highest BCUT2D eigenvalue weighted by Crippen LogP contribution is 2.34. The fourth-order valence-electron chi connectivity index (χ4n) is 3.56. The van der Waals surface area contributed by atoms with E-state index in [1.165, 1.54) is 6.92 Å². The second-order valence-electron chi connectivity index (χ2n) is 8.72. The molecular weight excluding hydrogens is 504 g/mol. The number of ketones is 2. The van der Waals surface area contributed by atoms with Gasteiger partial charge >= 0.3 is 5.97 Å². The minimum Gasteiger partial charge on any atom is -0.507 e. The second-order valence-corrected chi connectivity index (χ2v) is 9.58. The first-order chi connectivity index (χ1) is 16.0. The van der Waals surface area contributed by atoms with Crippen molar-refractivity contribution in [3.63, 3.8) is 0 Å². The number of ether oxygens (including phenoxy) is 2. The maximum absolute atomic E-state index is 12.7. The van der Waals surface area contributed by atoms with Crippen molar-refractivity contribution in [2.24, 2.45) is 5.41 Å². The molecule has 0 aliphatic carbocycles. The van der Waals surface area contributed by atoms with E-state index >= 15 is 0 Å². The molecular formula is C26H31BrO7. The summed E-state index contributed by atoms with van der Waals surface area (Å²) in [6, 6.07) is 8.21. The lowest BCUT2D eigenvalue weighted by atomic mass is 9.81. The van der Waals surface area contributed by atoms with Gasteiger partial charge in [-0.1, -0.05) is 27.2 Å². The third kappa shape index (κ3) is 7.06. The van der Waals surface area contributed by atoms with E-state index in [-0.39, 0.29) is 29.3 Å². The van der Waals surface area contributed by atoms with Crippen LogP contribution in [0.2, 0.25) is 0 Å². The van der Waals surface area contributed by atoms with E-state index in [0.717, 1.165) is 6.42 Å². The number of carbonyl (C=O) groups excluding carboxylic acids is 2. The monoisotopic (exact) mass is 534 g/mol. The Hall–Kier alpha value is -2.87. The van der Waals surface area contributed by atoms with Crippen molar-refractivity contribution in [3.8, 4) is 17.2 Å². The zero-order chi connectivity index (χ0) is 25.5. The molecule has 8 heteroatoms. The van der Waals surface area contributed by atoms with Gasteiger partial charge in [0, 0.05) is 23.0 Å². The lowest BCUT2D eigenvalue weighted by Gasteiger charge is -2.21. The van der Waals surface area contributed by atoms with Gasteiger partial charge in [0.25, 0.3) is 0 Å². The Bertz CT molecular complexity index is 1060. The fraction of sp³-hybridized carbons (Fsp3) is 0.423. The number of Topliss-reactive ketones (excluding diaryl/α,β-unsaturated/α-hetero) is 2. The molecule has 2 rings (SSSR count). The highest BCUT2D eigenvalue weighted by Gasteiger charge is 2.31. The summed E-state index contributed by atoms with van der Waals surface area (Å²) in [7, 11) is 0. The van der Waals surface area contributed by atoms with Gasteiger partial charge in [0.1, 0.15) is 17.2 Å². The third-order valence-electron chi connectivity index (χ3n) is 5.32. The Morgan fingerprint density at radius 2 is 1.65 bits per heavy atom. The lowest BCUT2D eigenvalue weighted by Crippen LogP contribution is -2.27. The summed E-state index contributed by atoms with van der Waals surface area (Å²) in [6.45, 7) is 7.34. The number of hydrogen-bond acceptors (Lipinski definition) is 6. The molecule has 7 nitrogen and oxygen atoms in total. The first-order valence-corrected chi connectivity index (χ1v) is 11.9. The van der Waals surface area contributed by atoms with Crippen LogP contribution in [-0.4, -0.2) is 41.0 Å². The summed E-state index contributed by atoms with van der Waals surface area (Å²) in [5.41, 5.74) is 0.312. The highest BCUT2D eigenvalue weighted by atomic mass is 79.9. The summed E-state index contributed by atoms with van der Waals surface area (Å²) in [5.74, 6) is -0.379. The largest absolute Gasteiger partial charge is 0.507 e. The molecule has 34 heavy (non-hydrogen) atoms. The Kier molecular flexibility index (Phi) is 9.67. The van der Waals surface area contributed by atoms with Crippen LogP contribution < -0.4 is 9.47 Å². The van der Waals surface area contributed by atoms with Gasteiger partial charge in [0.2, 0.25) is 0 Å². The fourth-order valence-corrected chi connectivity index (χ4v) is 4.05. The number of phenols is 1. The number of phenolic OH excluding ortho intramolecular Hbond substituents is 1. The minimum absolute atomic E-state index is 0.0202. The van der Waals surface area contributed by atoms with E-state index in [9.17, 15) is 19.5 Å². The highest BCUT2D eigenvalue weighted by molar-refractivity contribution is 9.10. The number of carboxylic acid groups (broad SMARTS) is 1. The number of carbonyl (C=O) groups is 3. The van der Waals surface area contributed by atoms with Gasteiger partial charge in [-0.25, -0.2) is 0 Å². The average molecular weight is 535 g/mol. The normalized spacial score (nSPS) is 11.2. The summed E-state index contributed by atoms with van der Waals surface area (Å²) in [6.07, 6.45) is 1.71. The van der Waals surface area contributed by atoms with Crippen LogP contribution in [-0.2, 0) is 11.2 Å². The van der Waals surface area contributed by atoms with Gasteiger partial charge in [-0.3, -0.25) is 14.4 Å². The van der Waals surface area contributed by atoms with E-state index in [1.807, 2.05) is 6.92 Å². The smallest absolute Gasteiger partial charge is 0.304 e. The van der Waals surface area contributed by atoms with Gasteiger partial charge in [-0.2, -0.15) is 0 Å². The molecule has 2 aromatic rings. The number of benzene rings is 2. The Labute approximate surface area is 208 Å². The van der Waals surface area contributed by atoms with Crippen molar-refractivity contribution in [1.29, 1.82) is 0 Å². The van der Waals surface area contributed by atoms with Crippen molar-refractivity contribution >= 4 is 33.5 Å². The third-order valence-corrected chi connectivity index (χ3v) is 5.94. The van der Waals surface area contributed by atoms with Crippen LogP contribution in [0.3, 0.4) is 0 Å². The molecule has 0 unspecified atom stereocenters. The van der Waals surface area contributed by atoms with Gasteiger partial charge in [0.15, 0.2) is 11.6 Å². The average Bonchev–Trinajstić information content (AvgIpc) is 2.75. The van der Waals surface area contributed by atoms with Crippen molar-refractivity contribution in [2.75, 3.05) is 13.2 Å².